The number of carbonyl (C=O) groups excluding carboxylic acids is 1. The lowest BCUT2D eigenvalue weighted by atomic mass is 9.99. The second-order valence-electron chi connectivity index (χ2n) is 3.57. The minimum absolute atomic E-state index is 0.0515. The van der Waals surface area contributed by atoms with Crippen LogP contribution in [-0.2, 0) is 9.59 Å². The lowest BCUT2D eigenvalue weighted by molar-refractivity contribution is -0.142. The summed E-state index contributed by atoms with van der Waals surface area (Å²) < 4.78 is 0. The highest BCUT2D eigenvalue weighted by molar-refractivity contribution is 5.78. The maximum Gasteiger partial charge on any atom is 0.308 e. The third kappa shape index (κ3) is 1.99. The zero-order valence-electron chi connectivity index (χ0n) is 7.99. The molecule has 2 unspecified atom stereocenters. The van der Waals surface area contributed by atoms with Crippen molar-refractivity contribution in [3.63, 3.8) is 0 Å². The SMILES string of the molecule is CCC(=O)N1CC(C)C(C(=O)O)C1. The van der Waals surface area contributed by atoms with Crippen molar-refractivity contribution in [1.82, 2.24) is 4.90 Å². The van der Waals surface area contributed by atoms with Gasteiger partial charge in [0.05, 0.1) is 5.92 Å². The van der Waals surface area contributed by atoms with E-state index < -0.39 is 5.97 Å². The van der Waals surface area contributed by atoms with Crippen LogP contribution in [0.3, 0.4) is 0 Å². The Morgan fingerprint density at radius 1 is 1.46 bits per heavy atom. The third-order valence-electron chi connectivity index (χ3n) is 2.58. The number of hydrogen-bond acceptors (Lipinski definition) is 2. The second kappa shape index (κ2) is 3.77. The summed E-state index contributed by atoms with van der Waals surface area (Å²) in [5.41, 5.74) is 0. The second-order valence-corrected chi connectivity index (χ2v) is 3.57. The fourth-order valence-electron chi connectivity index (χ4n) is 1.72. The Labute approximate surface area is 77.5 Å². The van der Waals surface area contributed by atoms with Crippen molar-refractivity contribution in [3.05, 3.63) is 0 Å². The van der Waals surface area contributed by atoms with E-state index in [2.05, 4.69) is 0 Å². The van der Waals surface area contributed by atoms with Gasteiger partial charge in [-0.25, -0.2) is 0 Å². The van der Waals surface area contributed by atoms with Crippen LogP contribution in [0, 0.1) is 11.8 Å². The predicted molar refractivity (Wildman–Crippen MR) is 47.2 cm³/mol. The number of hydrogen-bond donors (Lipinski definition) is 1. The number of carbonyl (C=O) groups is 2. The van der Waals surface area contributed by atoms with Crippen LogP contribution >= 0.6 is 0 Å². The van der Waals surface area contributed by atoms with Gasteiger partial charge >= 0.3 is 5.97 Å². The van der Waals surface area contributed by atoms with Crippen LogP contribution < -0.4 is 0 Å². The highest BCUT2D eigenvalue weighted by Crippen LogP contribution is 2.23. The van der Waals surface area contributed by atoms with Crippen molar-refractivity contribution < 1.29 is 14.7 Å². The molecule has 1 aliphatic heterocycles. The minimum atomic E-state index is -0.793. The molecular weight excluding hydrogens is 170 g/mol. The van der Waals surface area contributed by atoms with Crippen LogP contribution in [-0.4, -0.2) is 35.0 Å². The Hall–Kier alpha value is -1.06. The number of rotatable bonds is 2. The molecule has 0 aromatic carbocycles. The molecular formula is C9H15NO3. The van der Waals surface area contributed by atoms with Gasteiger partial charge in [-0.3, -0.25) is 9.59 Å². The summed E-state index contributed by atoms with van der Waals surface area (Å²) in [6, 6.07) is 0. The molecule has 0 radical (unpaired) electrons. The van der Waals surface area contributed by atoms with E-state index >= 15 is 0 Å². The number of aliphatic carboxylic acids is 1. The van der Waals surface area contributed by atoms with Gasteiger partial charge in [0, 0.05) is 19.5 Å². The molecule has 1 N–H and O–H groups in total. The van der Waals surface area contributed by atoms with E-state index in [1.54, 1.807) is 11.8 Å². The minimum Gasteiger partial charge on any atom is -0.481 e. The zero-order valence-corrected chi connectivity index (χ0v) is 7.99. The molecule has 4 nitrogen and oxygen atoms in total. The van der Waals surface area contributed by atoms with Gasteiger partial charge in [-0.05, 0) is 5.92 Å². The van der Waals surface area contributed by atoms with E-state index in [-0.39, 0.29) is 17.7 Å². The lowest BCUT2D eigenvalue weighted by Crippen LogP contribution is -2.29. The Morgan fingerprint density at radius 3 is 2.46 bits per heavy atom. The van der Waals surface area contributed by atoms with Crippen molar-refractivity contribution >= 4 is 11.9 Å². The number of amides is 1. The Morgan fingerprint density at radius 2 is 2.08 bits per heavy atom. The average Bonchev–Trinajstić information content (AvgIpc) is 2.46. The first-order valence-corrected chi connectivity index (χ1v) is 4.56. The van der Waals surface area contributed by atoms with Crippen molar-refractivity contribution in [2.75, 3.05) is 13.1 Å². The smallest absolute Gasteiger partial charge is 0.308 e. The molecule has 4 heteroatoms. The molecule has 1 heterocycles. The molecule has 0 spiro atoms. The van der Waals surface area contributed by atoms with Gasteiger partial charge in [0.2, 0.25) is 5.91 Å². The van der Waals surface area contributed by atoms with Crippen molar-refractivity contribution in [2.45, 2.75) is 20.3 Å². The summed E-state index contributed by atoms with van der Waals surface area (Å²) in [5.74, 6) is -1.04. The first kappa shape index (κ1) is 10.0. The molecule has 74 valence electrons. The first-order valence-electron chi connectivity index (χ1n) is 4.56. The summed E-state index contributed by atoms with van der Waals surface area (Å²) in [6.07, 6.45) is 0.457. The van der Waals surface area contributed by atoms with Gasteiger partial charge in [0.1, 0.15) is 0 Å². The number of carboxylic acids is 1. The van der Waals surface area contributed by atoms with E-state index in [1.807, 2.05) is 6.92 Å². The van der Waals surface area contributed by atoms with E-state index in [0.29, 0.717) is 19.5 Å². The number of likely N-dealkylation sites (tertiary alicyclic amines) is 1. The molecule has 0 saturated carbocycles. The van der Waals surface area contributed by atoms with Gasteiger partial charge < -0.3 is 10.0 Å². The molecule has 1 saturated heterocycles. The monoisotopic (exact) mass is 185 g/mol. The standard InChI is InChI=1S/C9H15NO3/c1-3-8(11)10-4-6(2)7(5-10)9(12)13/h6-7H,3-5H2,1-2H3,(H,12,13). The molecule has 0 aromatic rings. The van der Waals surface area contributed by atoms with Crippen LogP contribution in [0.5, 0.6) is 0 Å². The highest BCUT2D eigenvalue weighted by atomic mass is 16.4. The van der Waals surface area contributed by atoms with Gasteiger partial charge in [0.25, 0.3) is 0 Å². The van der Waals surface area contributed by atoms with Gasteiger partial charge in [-0.15, -0.1) is 0 Å². The predicted octanol–water partition coefficient (Wildman–Crippen LogP) is 0.575. The fraction of sp³-hybridized carbons (Fsp3) is 0.778. The molecule has 13 heavy (non-hydrogen) atoms. The largest absolute Gasteiger partial charge is 0.481 e. The normalized spacial score (nSPS) is 27.7. The molecule has 0 aliphatic carbocycles. The maximum absolute atomic E-state index is 11.3. The Kier molecular flexibility index (Phi) is 2.90. The summed E-state index contributed by atoms with van der Waals surface area (Å²) in [7, 11) is 0. The zero-order chi connectivity index (χ0) is 10.0. The van der Waals surface area contributed by atoms with Gasteiger partial charge in [-0.1, -0.05) is 13.8 Å². The van der Waals surface area contributed by atoms with Crippen molar-refractivity contribution in [1.29, 1.82) is 0 Å². The first-order chi connectivity index (χ1) is 6.06. The molecule has 0 bridgehead atoms. The molecule has 1 fully saturated rings. The van der Waals surface area contributed by atoms with E-state index in [4.69, 9.17) is 5.11 Å². The van der Waals surface area contributed by atoms with E-state index in [9.17, 15) is 9.59 Å². The molecule has 2 atom stereocenters. The summed E-state index contributed by atoms with van der Waals surface area (Å²) >= 11 is 0. The van der Waals surface area contributed by atoms with Crippen LogP contribution in [0.25, 0.3) is 0 Å². The van der Waals surface area contributed by atoms with Crippen LogP contribution in [0.15, 0.2) is 0 Å². The number of carboxylic acid groups (broad SMARTS) is 1. The quantitative estimate of drug-likeness (QED) is 0.684. The lowest BCUT2D eigenvalue weighted by Gasteiger charge is -2.13. The van der Waals surface area contributed by atoms with Crippen LogP contribution in [0.4, 0.5) is 0 Å². The summed E-state index contributed by atoms with van der Waals surface area (Å²) in [4.78, 5) is 23.6. The topological polar surface area (TPSA) is 57.6 Å². The highest BCUT2D eigenvalue weighted by Gasteiger charge is 2.36. The summed E-state index contributed by atoms with van der Waals surface area (Å²) in [6.45, 7) is 4.63. The van der Waals surface area contributed by atoms with Crippen LogP contribution in [0.2, 0.25) is 0 Å². The fourth-order valence-corrected chi connectivity index (χ4v) is 1.72. The van der Waals surface area contributed by atoms with Gasteiger partial charge in [0.15, 0.2) is 0 Å². The number of nitrogens with zero attached hydrogens (tertiary/aromatic N) is 1. The van der Waals surface area contributed by atoms with Crippen molar-refractivity contribution in [3.8, 4) is 0 Å². The van der Waals surface area contributed by atoms with E-state index in [0.717, 1.165) is 0 Å². The molecule has 0 aromatic heterocycles. The average molecular weight is 185 g/mol. The van der Waals surface area contributed by atoms with E-state index in [1.165, 1.54) is 0 Å². The van der Waals surface area contributed by atoms with Gasteiger partial charge in [-0.2, -0.15) is 0 Å². The Bertz CT molecular complexity index is 227. The third-order valence-corrected chi connectivity index (χ3v) is 2.58. The molecule has 1 aliphatic rings. The Balaban J connectivity index is 2.59. The van der Waals surface area contributed by atoms with Crippen LogP contribution in [0.1, 0.15) is 20.3 Å². The molecule has 1 rings (SSSR count). The summed E-state index contributed by atoms with van der Waals surface area (Å²) in [5, 5.41) is 8.82. The maximum atomic E-state index is 11.3. The molecule has 1 amide bonds. The van der Waals surface area contributed by atoms with Crippen molar-refractivity contribution in [2.24, 2.45) is 11.8 Å².